The molecule has 0 aliphatic carbocycles. The molecule has 1 amide bonds. The highest BCUT2D eigenvalue weighted by atomic mass is 16.6. The molecule has 23 heavy (non-hydrogen) atoms. The quantitative estimate of drug-likeness (QED) is 0.790. The van der Waals surface area contributed by atoms with Gasteiger partial charge in [0, 0.05) is 0 Å². The molecule has 4 N–H and O–H groups in total. The zero-order valence-corrected chi connectivity index (χ0v) is 13.1. The van der Waals surface area contributed by atoms with Gasteiger partial charge in [0.1, 0.15) is 6.61 Å². The molecular weight excluding hydrogens is 296 g/mol. The van der Waals surface area contributed by atoms with Crippen molar-refractivity contribution in [3.63, 3.8) is 0 Å². The van der Waals surface area contributed by atoms with Crippen LogP contribution in [0, 0.1) is 11.3 Å². The van der Waals surface area contributed by atoms with Crippen LogP contribution >= 0.6 is 0 Å². The predicted octanol–water partition coefficient (Wildman–Crippen LogP) is 1.29. The third-order valence-electron chi connectivity index (χ3n) is 3.56. The van der Waals surface area contributed by atoms with Gasteiger partial charge in [-0.1, -0.05) is 30.3 Å². The molecule has 1 aromatic rings. The Morgan fingerprint density at radius 2 is 2.13 bits per heavy atom. The number of ether oxygens (including phenoxy) is 2. The second-order valence-corrected chi connectivity index (χ2v) is 5.87. The van der Waals surface area contributed by atoms with Crippen LogP contribution in [0.4, 0.5) is 4.79 Å². The van der Waals surface area contributed by atoms with Crippen molar-refractivity contribution in [1.29, 1.82) is 5.26 Å². The first-order valence-electron chi connectivity index (χ1n) is 7.49. The minimum Gasteiger partial charge on any atom is -0.445 e. The molecule has 2 unspecified atom stereocenters. The Labute approximate surface area is 135 Å². The van der Waals surface area contributed by atoms with Crippen molar-refractivity contribution >= 4 is 6.09 Å². The number of benzene rings is 1. The molecule has 0 radical (unpaired) electrons. The minimum atomic E-state index is -1.27. The van der Waals surface area contributed by atoms with E-state index in [0.29, 0.717) is 13.0 Å². The van der Waals surface area contributed by atoms with Gasteiger partial charge in [0.2, 0.25) is 0 Å². The van der Waals surface area contributed by atoms with Crippen molar-refractivity contribution in [2.45, 2.75) is 44.4 Å². The Kier molecular flexibility index (Phi) is 5.55. The number of likely N-dealkylation sites (tertiary alicyclic amines) is 1. The topological polar surface area (TPSA) is 115 Å². The molecule has 2 atom stereocenters. The molecule has 0 spiro atoms. The lowest BCUT2D eigenvalue weighted by Gasteiger charge is -2.24. The molecule has 0 aromatic heterocycles. The first-order chi connectivity index (χ1) is 10.9. The first kappa shape index (κ1) is 17.2. The Bertz CT molecular complexity index is 565. The van der Waals surface area contributed by atoms with E-state index in [-0.39, 0.29) is 25.2 Å². The summed E-state index contributed by atoms with van der Waals surface area (Å²) in [6.07, 6.45) is -0.0435. The average Bonchev–Trinajstić information content (AvgIpc) is 2.87. The SMILES string of the molecule is CC(N)(N)OC1CC(CC#N)N(C(=O)OCc2ccccc2)C1. The highest BCUT2D eigenvalue weighted by molar-refractivity contribution is 5.68. The lowest BCUT2D eigenvalue weighted by molar-refractivity contribution is -0.0700. The van der Waals surface area contributed by atoms with Crippen molar-refractivity contribution in [3.8, 4) is 6.07 Å². The van der Waals surface area contributed by atoms with Gasteiger partial charge in [0.05, 0.1) is 31.2 Å². The molecule has 2 rings (SSSR count). The van der Waals surface area contributed by atoms with Gasteiger partial charge in [-0.05, 0) is 18.9 Å². The van der Waals surface area contributed by atoms with E-state index in [0.717, 1.165) is 5.56 Å². The van der Waals surface area contributed by atoms with Crippen LogP contribution in [-0.2, 0) is 16.1 Å². The first-order valence-corrected chi connectivity index (χ1v) is 7.49. The zero-order valence-electron chi connectivity index (χ0n) is 13.1. The summed E-state index contributed by atoms with van der Waals surface area (Å²) in [5.41, 5.74) is 12.2. The Balaban J connectivity index is 1.95. The zero-order chi connectivity index (χ0) is 16.9. The fourth-order valence-electron chi connectivity index (χ4n) is 2.64. The number of nitriles is 1. The van der Waals surface area contributed by atoms with E-state index < -0.39 is 11.9 Å². The standard InChI is InChI=1S/C16H22N4O3/c1-16(18,19)23-14-9-13(7-8-17)20(10-14)15(21)22-11-12-5-3-2-4-6-12/h2-6,13-14H,7,9-11,18-19H2,1H3. The smallest absolute Gasteiger partial charge is 0.410 e. The van der Waals surface area contributed by atoms with Gasteiger partial charge in [-0.2, -0.15) is 5.26 Å². The molecule has 1 saturated heterocycles. The van der Waals surface area contributed by atoms with E-state index in [2.05, 4.69) is 6.07 Å². The van der Waals surface area contributed by atoms with E-state index >= 15 is 0 Å². The second kappa shape index (κ2) is 7.42. The lowest BCUT2D eigenvalue weighted by Crippen LogP contribution is -2.51. The van der Waals surface area contributed by atoms with Crippen LogP contribution in [0.1, 0.15) is 25.3 Å². The minimum absolute atomic E-state index is 0.187. The number of hydrogen-bond acceptors (Lipinski definition) is 6. The maximum Gasteiger partial charge on any atom is 0.410 e. The monoisotopic (exact) mass is 318 g/mol. The molecule has 7 heteroatoms. The lowest BCUT2D eigenvalue weighted by atomic mass is 10.1. The highest BCUT2D eigenvalue weighted by Crippen LogP contribution is 2.25. The van der Waals surface area contributed by atoms with Crippen LogP contribution in [0.25, 0.3) is 0 Å². The molecular formula is C16H22N4O3. The molecule has 1 aliphatic rings. The van der Waals surface area contributed by atoms with E-state index in [1.807, 2.05) is 30.3 Å². The van der Waals surface area contributed by atoms with Gasteiger partial charge in [0.25, 0.3) is 0 Å². The van der Waals surface area contributed by atoms with Crippen LogP contribution in [0.3, 0.4) is 0 Å². The summed E-state index contributed by atoms with van der Waals surface area (Å²) in [5, 5.41) is 8.93. The number of amides is 1. The molecule has 0 saturated carbocycles. The summed E-state index contributed by atoms with van der Waals surface area (Å²) >= 11 is 0. The van der Waals surface area contributed by atoms with Gasteiger partial charge in [-0.15, -0.1) is 0 Å². The van der Waals surface area contributed by atoms with Crippen LogP contribution in [0.2, 0.25) is 0 Å². The van der Waals surface area contributed by atoms with E-state index in [9.17, 15) is 4.79 Å². The van der Waals surface area contributed by atoms with Crippen LogP contribution < -0.4 is 11.5 Å². The van der Waals surface area contributed by atoms with E-state index in [4.69, 9.17) is 26.2 Å². The van der Waals surface area contributed by atoms with Gasteiger partial charge >= 0.3 is 6.09 Å². The summed E-state index contributed by atoms with van der Waals surface area (Å²) < 4.78 is 10.8. The number of hydrogen-bond donors (Lipinski definition) is 2. The third-order valence-corrected chi connectivity index (χ3v) is 3.56. The third kappa shape index (κ3) is 5.21. The molecule has 124 valence electrons. The fraction of sp³-hybridized carbons (Fsp3) is 0.500. The Morgan fingerprint density at radius 1 is 1.43 bits per heavy atom. The maximum absolute atomic E-state index is 12.3. The van der Waals surface area contributed by atoms with Gasteiger partial charge < -0.3 is 14.4 Å². The Hall–Kier alpha value is -2.14. The average molecular weight is 318 g/mol. The molecule has 1 aliphatic heterocycles. The summed E-state index contributed by atoms with van der Waals surface area (Å²) in [4.78, 5) is 13.8. The number of nitrogens with two attached hydrogens (primary N) is 2. The fourth-order valence-corrected chi connectivity index (χ4v) is 2.64. The van der Waals surface area contributed by atoms with E-state index in [1.54, 1.807) is 6.92 Å². The van der Waals surface area contributed by atoms with Crippen LogP contribution in [0.15, 0.2) is 30.3 Å². The number of nitrogens with zero attached hydrogens (tertiary/aromatic N) is 2. The van der Waals surface area contributed by atoms with Crippen molar-refractivity contribution in [2.24, 2.45) is 11.5 Å². The summed E-state index contributed by atoms with van der Waals surface area (Å²) in [7, 11) is 0. The van der Waals surface area contributed by atoms with Crippen molar-refractivity contribution in [2.75, 3.05) is 6.54 Å². The van der Waals surface area contributed by atoms with Crippen molar-refractivity contribution in [1.82, 2.24) is 4.90 Å². The van der Waals surface area contributed by atoms with Gasteiger partial charge in [0.15, 0.2) is 5.85 Å². The normalized spacial score (nSPS) is 21.0. The predicted molar refractivity (Wildman–Crippen MR) is 83.6 cm³/mol. The number of carbonyl (C=O) groups excluding carboxylic acids is 1. The summed E-state index contributed by atoms with van der Waals surface area (Å²) in [6.45, 7) is 2.04. The molecule has 1 aromatic carbocycles. The number of carbonyl (C=O) groups is 1. The summed E-state index contributed by atoms with van der Waals surface area (Å²) in [5.74, 6) is -1.27. The largest absolute Gasteiger partial charge is 0.445 e. The van der Waals surface area contributed by atoms with Crippen molar-refractivity contribution in [3.05, 3.63) is 35.9 Å². The Morgan fingerprint density at radius 3 is 2.74 bits per heavy atom. The molecule has 7 nitrogen and oxygen atoms in total. The second-order valence-electron chi connectivity index (χ2n) is 5.87. The van der Waals surface area contributed by atoms with Gasteiger partial charge in [-0.3, -0.25) is 11.5 Å². The molecule has 1 fully saturated rings. The maximum atomic E-state index is 12.3. The molecule has 0 bridgehead atoms. The van der Waals surface area contributed by atoms with Crippen molar-refractivity contribution < 1.29 is 14.3 Å². The molecule has 1 heterocycles. The number of rotatable bonds is 5. The van der Waals surface area contributed by atoms with Crippen LogP contribution in [0.5, 0.6) is 0 Å². The summed E-state index contributed by atoms with van der Waals surface area (Å²) in [6, 6.07) is 11.2. The van der Waals surface area contributed by atoms with Crippen LogP contribution in [-0.4, -0.2) is 35.5 Å². The highest BCUT2D eigenvalue weighted by Gasteiger charge is 2.38. The van der Waals surface area contributed by atoms with Gasteiger partial charge in [-0.25, -0.2) is 4.79 Å². The van der Waals surface area contributed by atoms with E-state index in [1.165, 1.54) is 4.90 Å².